The highest BCUT2D eigenvalue weighted by atomic mass is 16.5. The molecule has 0 unspecified atom stereocenters. The summed E-state index contributed by atoms with van der Waals surface area (Å²) in [5, 5.41) is 8.55. The van der Waals surface area contributed by atoms with Gasteiger partial charge in [-0.15, -0.1) is 0 Å². The van der Waals surface area contributed by atoms with Crippen LogP contribution in [-0.4, -0.2) is 22.7 Å². The van der Waals surface area contributed by atoms with E-state index in [0.717, 1.165) is 11.1 Å². The molecule has 1 aromatic heterocycles. The summed E-state index contributed by atoms with van der Waals surface area (Å²) in [4.78, 5) is 14.9. The molecule has 17 heavy (non-hydrogen) atoms. The Bertz CT molecular complexity index is 494. The van der Waals surface area contributed by atoms with Gasteiger partial charge in [-0.2, -0.15) is 0 Å². The normalized spacial score (nSPS) is 9.94. The first kappa shape index (κ1) is 11.3. The monoisotopic (exact) mass is 229 g/mol. The minimum atomic E-state index is -0.667. The van der Waals surface area contributed by atoms with E-state index in [4.69, 9.17) is 9.84 Å². The van der Waals surface area contributed by atoms with Crippen molar-refractivity contribution in [2.45, 2.75) is 0 Å². The first-order valence-corrected chi connectivity index (χ1v) is 5.11. The Kier molecular flexibility index (Phi) is 3.47. The molecule has 0 fully saturated rings. The molecule has 0 aliphatic carbocycles. The molecule has 1 aromatic carbocycles. The van der Waals surface area contributed by atoms with Crippen LogP contribution >= 0.6 is 0 Å². The second-order valence-corrected chi connectivity index (χ2v) is 3.40. The number of carbonyl (C=O) groups is 1. The predicted molar refractivity (Wildman–Crippen MR) is 62.4 cm³/mol. The average Bonchev–Trinajstić information content (AvgIpc) is 2.40. The van der Waals surface area contributed by atoms with Crippen molar-refractivity contribution in [1.82, 2.24) is 4.98 Å². The van der Waals surface area contributed by atoms with Gasteiger partial charge in [-0.1, -0.05) is 18.2 Å². The highest BCUT2D eigenvalue weighted by Gasteiger charge is 2.03. The summed E-state index contributed by atoms with van der Waals surface area (Å²) in [6.07, 6.45) is 3.47. The number of hydrogen-bond acceptors (Lipinski definition) is 4. The van der Waals surface area contributed by atoms with E-state index in [0.29, 0.717) is 5.75 Å². The summed E-state index contributed by atoms with van der Waals surface area (Å²) < 4.78 is 4.85. The average molecular weight is 229 g/mol. The molecule has 2 rings (SSSR count). The Morgan fingerprint density at radius 3 is 2.53 bits per heavy atom. The van der Waals surface area contributed by atoms with Gasteiger partial charge in [0, 0.05) is 12.4 Å². The standard InChI is InChI=1S/C13H11NO3/c15-9-13(16)17-12-5-3-10(4-6-12)11-2-1-7-14-8-11/h1-8,15H,9H2. The molecule has 86 valence electrons. The van der Waals surface area contributed by atoms with Crippen LogP contribution in [-0.2, 0) is 4.79 Å². The number of benzene rings is 1. The third-order valence-electron chi connectivity index (χ3n) is 2.21. The van der Waals surface area contributed by atoms with Crippen molar-refractivity contribution >= 4 is 5.97 Å². The maximum Gasteiger partial charge on any atom is 0.337 e. The number of ether oxygens (including phenoxy) is 1. The van der Waals surface area contributed by atoms with Crippen molar-refractivity contribution in [2.75, 3.05) is 6.61 Å². The molecular formula is C13H11NO3. The van der Waals surface area contributed by atoms with E-state index in [1.807, 2.05) is 24.3 Å². The molecule has 0 saturated heterocycles. The molecule has 0 aliphatic rings. The van der Waals surface area contributed by atoms with Crippen LogP contribution in [0.5, 0.6) is 5.75 Å². The maximum atomic E-state index is 10.9. The Balaban J connectivity index is 2.16. The fourth-order valence-corrected chi connectivity index (χ4v) is 1.41. The Morgan fingerprint density at radius 2 is 1.94 bits per heavy atom. The van der Waals surface area contributed by atoms with Crippen molar-refractivity contribution in [3.05, 3.63) is 48.8 Å². The summed E-state index contributed by atoms with van der Waals surface area (Å²) in [6.45, 7) is -0.621. The van der Waals surface area contributed by atoms with Crippen LogP contribution in [0.1, 0.15) is 0 Å². The molecule has 0 radical (unpaired) electrons. The molecule has 4 heteroatoms. The lowest BCUT2D eigenvalue weighted by molar-refractivity contribution is -0.137. The SMILES string of the molecule is O=C(CO)Oc1ccc(-c2cccnc2)cc1. The van der Waals surface area contributed by atoms with Gasteiger partial charge >= 0.3 is 5.97 Å². The van der Waals surface area contributed by atoms with Crippen molar-refractivity contribution < 1.29 is 14.6 Å². The number of pyridine rings is 1. The largest absolute Gasteiger partial charge is 0.425 e. The number of aliphatic hydroxyl groups is 1. The molecule has 1 N–H and O–H groups in total. The number of esters is 1. The third-order valence-corrected chi connectivity index (χ3v) is 2.21. The molecule has 0 bridgehead atoms. The second kappa shape index (κ2) is 5.23. The van der Waals surface area contributed by atoms with Crippen LogP contribution in [0, 0.1) is 0 Å². The molecule has 0 spiro atoms. The molecule has 4 nitrogen and oxygen atoms in total. The third kappa shape index (κ3) is 2.89. The van der Waals surface area contributed by atoms with Crippen molar-refractivity contribution in [2.24, 2.45) is 0 Å². The number of aliphatic hydroxyl groups excluding tert-OH is 1. The Labute approximate surface area is 98.5 Å². The van der Waals surface area contributed by atoms with E-state index >= 15 is 0 Å². The van der Waals surface area contributed by atoms with Crippen LogP contribution < -0.4 is 4.74 Å². The lowest BCUT2D eigenvalue weighted by Crippen LogP contribution is -2.11. The number of rotatable bonds is 3. The Morgan fingerprint density at radius 1 is 1.18 bits per heavy atom. The fraction of sp³-hybridized carbons (Fsp3) is 0.0769. The quantitative estimate of drug-likeness (QED) is 0.642. The van der Waals surface area contributed by atoms with Crippen molar-refractivity contribution in [1.29, 1.82) is 0 Å². The van der Waals surface area contributed by atoms with Crippen molar-refractivity contribution in [3.8, 4) is 16.9 Å². The zero-order valence-electron chi connectivity index (χ0n) is 9.04. The van der Waals surface area contributed by atoms with Crippen LogP contribution in [0.25, 0.3) is 11.1 Å². The molecule has 0 atom stereocenters. The number of nitrogens with zero attached hydrogens (tertiary/aromatic N) is 1. The van der Waals surface area contributed by atoms with Gasteiger partial charge in [0.25, 0.3) is 0 Å². The molecule has 0 saturated carbocycles. The molecule has 2 aromatic rings. The van der Waals surface area contributed by atoms with E-state index < -0.39 is 12.6 Å². The minimum absolute atomic E-state index is 0.414. The lowest BCUT2D eigenvalue weighted by atomic mass is 10.1. The van der Waals surface area contributed by atoms with Crippen molar-refractivity contribution in [3.63, 3.8) is 0 Å². The number of carbonyl (C=O) groups excluding carboxylic acids is 1. The van der Waals surface area contributed by atoms with Crippen LogP contribution in [0.4, 0.5) is 0 Å². The zero-order valence-corrected chi connectivity index (χ0v) is 9.04. The molecule has 1 heterocycles. The highest BCUT2D eigenvalue weighted by molar-refractivity contribution is 5.73. The van der Waals surface area contributed by atoms with Gasteiger partial charge < -0.3 is 9.84 Å². The smallest absolute Gasteiger partial charge is 0.337 e. The molecule has 0 aliphatic heterocycles. The van der Waals surface area contributed by atoms with Gasteiger partial charge in [-0.25, -0.2) is 4.79 Å². The van der Waals surface area contributed by atoms with Gasteiger partial charge in [-0.3, -0.25) is 4.98 Å². The van der Waals surface area contributed by atoms with Crippen LogP contribution in [0.3, 0.4) is 0 Å². The first-order valence-electron chi connectivity index (χ1n) is 5.11. The van der Waals surface area contributed by atoms with E-state index in [-0.39, 0.29) is 0 Å². The number of aromatic nitrogens is 1. The summed E-state index contributed by atoms with van der Waals surface area (Å²) in [6, 6.07) is 10.8. The van der Waals surface area contributed by atoms with Gasteiger partial charge in [-0.05, 0) is 29.3 Å². The Hall–Kier alpha value is -2.20. The predicted octanol–water partition coefficient (Wildman–Crippen LogP) is 1.65. The molecule has 0 amide bonds. The summed E-state index contributed by atoms with van der Waals surface area (Å²) >= 11 is 0. The second-order valence-electron chi connectivity index (χ2n) is 3.40. The van der Waals surface area contributed by atoms with Crippen LogP contribution in [0.15, 0.2) is 48.8 Å². The topological polar surface area (TPSA) is 59.4 Å². The van der Waals surface area contributed by atoms with E-state index in [1.165, 1.54) is 0 Å². The lowest BCUT2D eigenvalue weighted by Gasteiger charge is -2.04. The highest BCUT2D eigenvalue weighted by Crippen LogP contribution is 2.21. The maximum absolute atomic E-state index is 10.9. The molecular weight excluding hydrogens is 218 g/mol. The van der Waals surface area contributed by atoms with Gasteiger partial charge in [0.2, 0.25) is 0 Å². The summed E-state index contributed by atoms with van der Waals surface area (Å²) in [5.41, 5.74) is 1.98. The van der Waals surface area contributed by atoms with Crippen LogP contribution in [0.2, 0.25) is 0 Å². The van der Waals surface area contributed by atoms with Gasteiger partial charge in [0.15, 0.2) is 0 Å². The first-order chi connectivity index (χ1) is 8.29. The van der Waals surface area contributed by atoms with Gasteiger partial charge in [0.1, 0.15) is 12.4 Å². The summed E-state index contributed by atoms with van der Waals surface area (Å²) in [7, 11) is 0. The zero-order chi connectivity index (χ0) is 12.1. The number of hydrogen-bond donors (Lipinski definition) is 1. The van der Waals surface area contributed by atoms with E-state index in [1.54, 1.807) is 24.5 Å². The summed E-state index contributed by atoms with van der Waals surface area (Å²) in [5.74, 6) is -0.254. The van der Waals surface area contributed by atoms with E-state index in [9.17, 15) is 4.79 Å². The fourth-order valence-electron chi connectivity index (χ4n) is 1.41. The van der Waals surface area contributed by atoms with E-state index in [2.05, 4.69) is 4.98 Å². The van der Waals surface area contributed by atoms with Gasteiger partial charge in [0.05, 0.1) is 0 Å². The minimum Gasteiger partial charge on any atom is -0.425 e.